The van der Waals surface area contributed by atoms with Crippen LogP contribution in [0.2, 0.25) is 18.1 Å². The molecule has 1 aliphatic heterocycles. The summed E-state index contributed by atoms with van der Waals surface area (Å²) in [5, 5.41) is 11.6. The van der Waals surface area contributed by atoms with Crippen molar-refractivity contribution in [3.63, 3.8) is 0 Å². The molecule has 1 aromatic carbocycles. The third kappa shape index (κ3) is 5.59. The Kier molecular flexibility index (Phi) is 8.02. The summed E-state index contributed by atoms with van der Waals surface area (Å²) >= 11 is 0. The largest absolute Gasteiger partial charge is 0.493 e. The van der Waals surface area contributed by atoms with Gasteiger partial charge in [-0.15, -0.1) is 0 Å². The van der Waals surface area contributed by atoms with Gasteiger partial charge in [0.2, 0.25) is 0 Å². The number of Topliss-reactive ketones (excluding diaryl/α,β-unsaturated/α-hetero) is 1. The first-order valence-corrected chi connectivity index (χ1v) is 13.5. The maximum absolute atomic E-state index is 13.5. The standard InChI is InChI=1S/C22H32N2O8Si/c1-22(2,3)33(6,7)32-13-15-8-14(18(26)12-25)11-23(15)21(27)16-9-19(30-4)20(31-5)10-17(16)24(28)29/h9-10,12,14-15H,8,11,13H2,1-7H3/t14-,15?/m1/s1. The Morgan fingerprint density at radius 1 is 1.21 bits per heavy atom. The molecule has 1 heterocycles. The number of rotatable bonds is 9. The van der Waals surface area contributed by atoms with Crippen LogP contribution in [0.25, 0.3) is 0 Å². The predicted octanol–water partition coefficient (Wildman–Crippen LogP) is 3.23. The number of nitro benzene ring substituents is 1. The molecule has 0 bridgehead atoms. The van der Waals surface area contributed by atoms with Crippen LogP contribution < -0.4 is 9.47 Å². The second kappa shape index (κ2) is 10.00. The number of benzene rings is 1. The lowest BCUT2D eigenvalue weighted by molar-refractivity contribution is -0.385. The second-order valence-electron chi connectivity index (χ2n) is 9.62. The van der Waals surface area contributed by atoms with E-state index in [2.05, 4.69) is 33.9 Å². The molecule has 0 spiro atoms. The molecule has 0 aliphatic carbocycles. The van der Waals surface area contributed by atoms with Crippen LogP contribution in [0, 0.1) is 16.0 Å². The third-order valence-corrected chi connectivity index (χ3v) is 11.1. The van der Waals surface area contributed by atoms with E-state index in [-0.39, 0.29) is 48.0 Å². The number of ether oxygens (including phenoxy) is 2. The van der Waals surface area contributed by atoms with E-state index in [1.807, 2.05) is 0 Å². The van der Waals surface area contributed by atoms with Crippen LogP contribution in [0.1, 0.15) is 37.6 Å². The molecule has 1 fully saturated rings. The van der Waals surface area contributed by atoms with E-state index in [9.17, 15) is 24.5 Å². The SMILES string of the molecule is COc1cc(C(=O)N2C[C@H](C(=O)C=O)CC2CO[Si](C)(C)C(C)(C)C)c([N+](=O)[O-])cc1OC. The number of methoxy groups -OCH3 is 2. The van der Waals surface area contributed by atoms with E-state index < -0.39 is 42.6 Å². The van der Waals surface area contributed by atoms with Gasteiger partial charge in [0.15, 0.2) is 31.9 Å². The predicted molar refractivity (Wildman–Crippen MR) is 123 cm³/mol. The number of nitro groups is 1. The fraction of sp³-hybridized carbons (Fsp3) is 0.591. The molecule has 1 aromatic rings. The zero-order valence-electron chi connectivity index (χ0n) is 20.2. The summed E-state index contributed by atoms with van der Waals surface area (Å²) in [6, 6.07) is 1.89. The number of hydrogen-bond acceptors (Lipinski definition) is 8. The zero-order chi connectivity index (χ0) is 25.1. The molecule has 0 N–H and O–H groups in total. The van der Waals surface area contributed by atoms with Crippen LogP contribution in [-0.4, -0.2) is 69.5 Å². The molecule has 1 amide bonds. The summed E-state index contributed by atoms with van der Waals surface area (Å²) in [4.78, 5) is 49.1. The van der Waals surface area contributed by atoms with E-state index in [1.54, 1.807) is 0 Å². The number of amides is 1. The van der Waals surface area contributed by atoms with Crippen LogP contribution in [0.3, 0.4) is 0 Å². The minimum Gasteiger partial charge on any atom is -0.493 e. The topological polar surface area (TPSA) is 125 Å². The van der Waals surface area contributed by atoms with Gasteiger partial charge in [0.25, 0.3) is 11.6 Å². The first-order chi connectivity index (χ1) is 15.3. The smallest absolute Gasteiger partial charge is 0.286 e. The Hall–Kier alpha value is -2.79. The fourth-order valence-corrected chi connectivity index (χ4v) is 4.53. The maximum atomic E-state index is 13.5. The molecule has 2 rings (SSSR count). The third-order valence-electron chi connectivity index (χ3n) is 6.57. The summed E-state index contributed by atoms with van der Waals surface area (Å²) in [6.45, 7) is 10.6. The molecular weight excluding hydrogens is 448 g/mol. The van der Waals surface area contributed by atoms with Crippen LogP contribution in [0.5, 0.6) is 11.5 Å². The van der Waals surface area contributed by atoms with Gasteiger partial charge in [0, 0.05) is 18.5 Å². The summed E-state index contributed by atoms with van der Waals surface area (Å²) in [5.74, 6) is -1.63. The number of likely N-dealkylation sites (tertiary alicyclic amines) is 1. The van der Waals surface area contributed by atoms with Gasteiger partial charge in [0.1, 0.15) is 5.56 Å². The Morgan fingerprint density at radius 3 is 2.27 bits per heavy atom. The highest BCUT2D eigenvalue weighted by Crippen LogP contribution is 2.39. The lowest BCUT2D eigenvalue weighted by atomic mass is 10.0. The summed E-state index contributed by atoms with van der Waals surface area (Å²) < 4.78 is 16.6. The van der Waals surface area contributed by atoms with Gasteiger partial charge < -0.3 is 18.8 Å². The molecule has 2 atom stereocenters. The molecule has 1 unspecified atom stereocenters. The van der Waals surface area contributed by atoms with E-state index in [0.29, 0.717) is 0 Å². The number of ketones is 1. The molecule has 182 valence electrons. The van der Waals surface area contributed by atoms with Gasteiger partial charge in [0.05, 0.1) is 37.9 Å². The van der Waals surface area contributed by atoms with Gasteiger partial charge >= 0.3 is 0 Å². The summed E-state index contributed by atoms with van der Waals surface area (Å²) in [5.41, 5.74) is -0.624. The molecule has 1 aliphatic rings. The first kappa shape index (κ1) is 26.5. The van der Waals surface area contributed by atoms with Gasteiger partial charge in [-0.3, -0.25) is 24.5 Å². The molecule has 11 heteroatoms. The van der Waals surface area contributed by atoms with Crippen molar-refractivity contribution in [3.8, 4) is 11.5 Å². The normalized spacial score (nSPS) is 18.7. The van der Waals surface area contributed by atoms with Crippen molar-refractivity contribution in [1.29, 1.82) is 0 Å². The monoisotopic (exact) mass is 480 g/mol. The number of nitrogens with zero attached hydrogens (tertiary/aromatic N) is 2. The van der Waals surface area contributed by atoms with E-state index >= 15 is 0 Å². The number of carbonyl (C=O) groups excluding carboxylic acids is 3. The van der Waals surface area contributed by atoms with Crippen molar-refractivity contribution in [3.05, 3.63) is 27.8 Å². The molecular formula is C22H32N2O8Si. The zero-order valence-corrected chi connectivity index (χ0v) is 21.2. The van der Waals surface area contributed by atoms with Crippen LogP contribution >= 0.6 is 0 Å². The molecule has 0 radical (unpaired) electrons. The highest BCUT2D eigenvalue weighted by molar-refractivity contribution is 6.74. The van der Waals surface area contributed by atoms with Gasteiger partial charge in [-0.25, -0.2) is 0 Å². The Labute approximate surface area is 194 Å². The van der Waals surface area contributed by atoms with Gasteiger partial charge in [-0.2, -0.15) is 0 Å². The lowest BCUT2D eigenvalue weighted by Crippen LogP contribution is -2.46. The maximum Gasteiger partial charge on any atom is 0.286 e. The Morgan fingerprint density at radius 2 is 1.79 bits per heavy atom. The highest BCUT2D eigenvalue weighted by atomic mass is 28.4. The van der Waals surface area contributed by atoms with E-state index in [1.165, 1.54) is 25.2 Å². The van der Waals surface area contributed by atoms with Crippen LogP contribution in [0.4, 0.5) is 5.69 Å². The van der Waals surface area contributed by atoms with Crippen molar-refractivity contribution in [2.24, 2.45) is 5.92 Å². The number of aldehydes is 1. The number of carbonyl (C=O) groups is 3. The summed E-state index contributed by atoms with van der Waals surface area (Å²) in [6.07, 6.45) is 0.502. The van der Waals surface area contributed by atoms with Gasteiger partial charge in [-0.1, -0.05) is 20.8 Å². The Bertz CT molecular complexity index is 941. The average molecular weight is 481 g/mol. The van der Waals surface area contributed by atoms with Crippen molar-refractivity contribution < 1.29 is 33.2 Å². The highest BCUT2D eigenvalue weighted by Gasteiger charge is 2.43. The first-order valence-electron chi connectivity index (χ1n) is 10.6. The van der Waals surface area contributed by atoms with Crippen molar-refractivity contribution >= 4 is 32.0 Å². The van der Waals surface area contributed by atoms with E-state index in [0.717, 1.165) is 6.07 Å². The quantitative estimate of drug-likeness (QED) is 0.173. The fourth-order valence-electron chi connectivity index (χ4n) is 3.49. The van der Waals surface area contributed by atoms with Crippen LogP contribution in [-0.2, 0) is 14.0 Å². The lowest BCUT2D eigenvalue weighted by Gasteiger charge is -2.38. The minimum atomic E-state index is -2.17. The van der Waals surface area contributed by atoms with Gasteiger partial charge in [-0.05, 0) is 24.6 Å². The van der Waals surface area contributed by atoms with Crippen molar-refractivity contribution in [2.75, 3.05) is 27.4 Å². The van der Waals surface area contributed by atoms with E-state index in [4.69, 9.17) is 13.9 Å². The summed E-state index contributed by atoms with van der Waals surface area (Å²) in [7, 11) is 0.538. The number of hydrogen-bond donors (Lipinski definition) is 0. The van der Waals surface area contributed by atoms with Crippen molar-refractivity contribution in [1.82, 2.24) is 4.90 Å². The average Bonchev–Trinajstić information content (AvgIpc) is 3.19. The van der Waals surface area contributed by atoms with Crippen molar-refractivity contribution in [2.45, 2.75) is 51.4 Å². The van der Waals surface area contributed by atoms with Crippen LogP contribution in [0.15, 0.2) is 12.1 Å². The molecule has 0 aromatic heterocycles. The second-order valence-corrected chi connectivity index (χ2v) is 14.4. The molecule has 10 nitrogen and oxygen atoms in total. The molecule has 33 heavy (non-hydrogen) atoms. The molecule has 1 saturated heterocycles. The Balaban J connectivity index is 2.45. The minimum absolute atomic E-state index is 0.0204. The molecule has 0 saturated carbocycles.